The Kier molecular flexibility index (Phi) is 3.66. The minimum Gasteiger partial charge on any atom is -0.324 e. The molecule has 0 saturated carbocycles. The maximum atomic E-state index is 11.3. The van der Waals surface area contributed by atoms with Crippen molar-refractivity contribution in [3.63, 3.8) is 0 Å². The fraction of sp³-hybridized carbons (Fsp3) is 0.300. The van der Waals surface area contributed by atoms with Crippen LogP contribution in [0, 0.1) is 6.92 Å². The number of nitrogens with two attached hydrogens (primary N) is 1. The summed E-state index contributed by atoms with van der Waals surface area (Å²) in [6.45, 7) is 3.59. The molecule has 0 spiro atoms. The van der Waals surface area contributed by atoms with E-state index in [2.05, 4.69) is 21.2 Å². The second kappa shape index (κ2) is 4.57. The molecule has 1 rings (SSSR count). The first kappa shape index (κ1) is 11.2. The maximum absolute atomic E-state index is 11.3. The predicted octanol–water partition coefficient (Wildman–Crippen LogP) is 2.04. The van der Waals surface area contributed by atoms with Gasteiger partial charge in [0.05, 0.1) is 6.04 Å². The number of benzene rings is 1. The van der Waals surface area contributed by atoms with E-state index in [1.54, 1.807) is 6.92 Å². The Morgan fingerprint density at radius 3 is 2.79 bits per heavy atom. The minimum absolute atomic E-state index is 0.175. The molecule has 0 aliphatic heterocycles. The molecule has 0 fully saturated rings. The fourth-order valence-corrected chi connectivity index (χ4v) is 1.34. The van der Waals surface area contributed by atoms with Gasteiger partial charge in [-0.3, -0.25) is 4.79 Å². The van der Waals surface area contributed by atoms with Crippen molar-refractivity contribution < 1.29 is 4.79 Å². The molecule has 3 N–H and O–H groups in total. The number of anilines is 1. The number of carbonyl (C=O) groups is 1. The van der Waals surface area contributed by atoms with Gasteiger partial charge in [-0.2, -0.15) is 0 Å². The molecular weight excluding hydrogens is 244 g/mol. The van der Waals surface area contributed by atoms with Gasteiger partial charge in [-0.1, -0.05) is 22.0 Å². The lowest BCUT2D eigenvalue weighted by molar-refractivity contribution is -0.117. The average Bonchev–Trinajstić information content (AvgIpc) is 2.11. The SMILES string of the molecule is Cc1ccc(Br)cc1NC(=O)[C@H](C)N. The van der Waals surface area contributed by atoms with Gasteiger partial charge in [-0.05, 0) is 31.5 Å². The van der Waals surface area contributed by atoms with Crippen molar-refractivity contribution in [3.8, 4) is 0 Å². The van der Waals surface area contributed by atoms with Crippen molar-refractivity contribution in [3.05, 3.63) is 28.2 Å². The summed E-state index contributed by atoms with van der Waals surface area (Å²) in [4.78, 5) is 11.3. The smallest absolute Gasteiger partial charge is 0.241 e. The number of nitrogens with one attached hydrogen (secondary N) is 1. The van der Waals surface area contributed by atoms with Crippen molar-refractivity contribution in [1.82, 2.24) is 0 Å². The molecule has 0 heterocycles. The Balaban J connectivity index is 2.86. The van der Waals surface area contributed by atoms with E-state index in [9.17, 15) is 4.79 Å². The van der Waals surface area contributed by atoms with Crippen molar-refractivity contribution in [2.75, 3.05) is 5.32 Å². The van der Waals surface area contributed by atoms with Crippen molar-refractivity contribution in [2.45, 2.75) is 19.9 Å². The van der Waals surface area contributed by atoms with Crippen molar-refractivity contribution in [1.29, 1.82) is 0 Å². The first-order valence-corrected chi connectivity index (χ1v) is 5.12. The number of hydrogen-bond donors (Lipinski definition) is 2. The monoisotopic (exact) mass is 256 g/mol. The standard InChI is InChI=1S/C10H13BrN2O/c1-6-3-4-8(11)5-9(6)13-10(14)7(2)12/h3-5,7H,12H2,1-2H3,(H,13,14)/t7-/m0/s1. The highest BCUT2D eigenvalue weighted by molar-refractivity contribution is 9.10. The third-order valence-electron chi connectivity index (χ3n) is 1.87. The molecule has 0 bridgehead atoms. The Bertz CT molecular complexity index is 350. The molecular formula is C10H13BrN2O. The molecule has 1 atom stereocenters. The number of aryl methyl sites for hydroxylation is 1. The summed E-state index contributed by atoms with van der Waals surface area (Å²) in [5, 5.41) is 2.76. The van der Waals surface area contributed by atoms with Gasteiger partial charge < -0.3 is 11.1 Å². The summed E-state index contributed by atoms with van der Waals surface area (Å²) in [5.74, 6) is -0.175. The molecule has 1 aromatic carbocycles. The van der Waals surface area contributed by atoms with Gasteiger partial charge >= 0.3 is 0 Å². The predicted molar refractivity (Wildman–Crippen MR) is 61.2 cm³/mol. The van der Waals surface area contributed by atoms with E-state index >= 15 is 0 Å². The van der Waals surface area contributed by atoms with E-state index < -0.39 is 6.04 Å². The zero-order valence-corrected chi connectivity index (χ0v) is 9.76. The number of carbonyl (C=O) groups excluding carboxylic acids is 1. The van der Waals surface area contributed by atoms with E-state index in [1.807, 2.05) is 25.1 Å². The van der Waals surface area contributed by atoms with Gasteiger partial charge in [0.1, 0.15) is 0 Å². The molecule has 14 heavy (non-hydrogen) atoms. The molecule has 1 amide bonds. The maximum Gasteiger partial charge on any atom is 0.241 e. The highest BCUT2D eigenvalue weighted by Crippen LogP contribution is 2.20. The summed E-state index contributed by atoms with van der Waals surface area (Å²) in [6.07, 6.45) is 0. The second-order valence-electron chi connectivity index (χ2n) is 3.24. The molecule has 0 aromatic heterocycles. The summed E-state index contributed by atoms with van der Waals surface area (Å²) in [5.41, 5.74) is 7.26. The second-order valence-corrected chi connectivity index (χ2v) is 4.15. The van der Waals surface area contributed by atoms with Crippen LogP contribution < -0.4 is 11.1 Å². The van der Waals surface area contributed by atoms with E-state index in [1.165, 1.54) is 0 Å². The van der Waals surface area contributed by atoms with Gasteiger partial charge in [0.25, 0.3) is 0 Å². The number of rotatable bonds is 2. The Labute approximate surface area is 91.8 Å². The lowest BCUT2D eigenvalue weighted by Gasteiger charge is -2.10. The highest BCUT2D eigenvalue weighted by atomic mass is 79.9. The topological polar surface area (TPSA) is 55.1 Å². The first-order valence-electron chi connectivity index (χ1n) is 4.33. The molecule has 0 aliphatic carbocycles. The van der Waals surface area contributed by atoms with Crippen LogP contribution in [0.1, 0.15) is 12.5 Å². The lowest BCUT2D eigenvalue weighted by atomic mass is 10.2. The van der Waals surface area contributed by atoms with Gasteiger partial charge in [0.15, 0.2) is 0 Å². The summed E-state index contributed by atoms with van der Waals surface area (Å²) in [6, 6.07) is 5.22. The number of amides is 1. The summed E-state index contributed by atoms with van der Waals surface area (Å²) in [7, 11) is 0. The summed E-state index contributed by atoms with van der Waals surface area (Å²) < 4.78 is 0.933. The number of halogens is 1. The average molecular weight is 257 g/mol. The normalized spacial score (nSPS) is 12.3. The van der Waals surface area contributed by atoms with Gasteiger partial charge in [0.2, 0.25) is 5.91 Å². The van der Waals surface area contributed by atoms with Crippen LogP contribution in [-0.4, -0.2) is 11.9 Å². The summed E-state index contributed by atoms with van der Waals surface area (Å²) >= 11 is 3.34. The van der Waals surface area contributed by atoms with Crippen LogP contribution >= 0.6 is 15.9 Å². The van der Waals surface area contributed by atoms with E-state index in [0.29, 0.717) is 0 Å². The van der Waals surface area contributed by atoms with Gasteiger partial charge in [0, 0.05) is 10.2 Å². The molecule has 1 aromatic rings. The Hall–Kier alpha value is -0.870. The fourth-order valence-electron chi connectivity index (χ4n) is 0.975. The Morgan fingerprint density at radius 1 is 1.57 bits per heavy atom. The third kappa shape index (κ3) is 2.82. The van der Waals surface area contributed by atoms with Crippen LogP contribution in [0.5, 0.6) is 0 Å². The molecule has 3 nitrogen and oxygen atoms in total. The van der Waals surface area contributed by atoms with Crippen molar-refractivity contribution >= 4 is 27.5 Å². The minimum atomic E-state index is -0.492. The first-order chi connectivity index (χ1) is 6.50. The van der Waals surface area contributed by atoms with Crippen LogP contribution in [0.3, 0.4) is 0 Å². The van der Waals surface area contributed by atoms with Crippen LogP contribution in [0.2, 0.25) is 0 Å². The van der Waals surface area contributed by atoms with Crippen LogP contribution in [0.25, 0.3) is 0 Å². The molecule has 0 unspecified atom stereocenters. The van der Waals surface area contributed by atoms with E-state index in [0.717, 1.165) is 15.7 Å². The highest BCUT2D eigenvalue weighted by Gasteiger charge is 2.08. The van der Waals surface area contributed by atoms with Crippen LogP contribution in [0.4, 0.5) is 5.69 Å². The molecule has 0 saturated heterocycles. The Morgan fingerprint density at radius 2 is 2.21 bits per heavy atom. The lowest BCUT2D eigenvalue weighted by Crippen LogP contribution is -2.32. The number of hydrogen-bond acceptors (Lipinski definition) is 2. The van der Waals surface area contributed by atoms with E-state index in [-0.39, 0.29) is 5.91 Å². The molecule has 0 aliphatic rings. The molecule has 4 heteroatoms. The van der Waals surface area contributed by atoms with E-state index in [4.69, 9.17) is 5.73 Å². The van der Waals surface area contributed by atoms with Gasteiger partial charge in [-0.15, -0.1) is 0 Å². The molecule has 76 valence electrons. The van der Waals surface area contributed by atoms with Crippen molar-refractivity contribution in [2.24, 2.45) is 5.73 Å². The molecule has 0 radical (unpaired) electrons. The van der Waals surface area contributed by atoms with Gasteiger partial charge in [-0.25, -0.2) is 0 Å². The van der Waals surface area contributed by atoms with Crippen LogP contribution in [0.15, 0.2) is 22.7 Å². The quantitative estimate of drug-likeness (QED) is 0.851. The largest absolute Gasteiger partial charge is 0.324 e. The van der Waals surface area contributed by atoms with Crippen LogP contribution in [-0.2, 0) is 4.79 Å². The zero-order valence-electron chi connectivity index (χ0n) is 8.17. The third-order valence-corrected chi connectivity index (χ3v) is 2.36. The zero-order chi connectivity index (χ0) is 10.7.